The first-order valence-electron chi connectivity index (χ1n) is 5.93. The summed E-state index contributed by atoms with van der Waals surface area (Å²) in [4.78, 5) is 11.0. The van der Waals surface area contributed by atoms with E-state index in [9.17, 15) is 18.0 Å². The Hall–Kier alpha value is -1.56. The van der Waals surface area contributed by atoms with Crippen molar-refractivity contribution in [3.8, 4) is 0 Å². The Morgan fingerprint density at radius 2 is 2.16 bits per heavy atom. The van der Waals surface area contributed by atoms with Gasteiger partial charge >= 0.3 is 12.1 Å². The molecular formula is C13H14F3NO2. The fraction of sp³-hybridized carbons (Fsp3) is 0.462. The molecule has 1 aromatic rings. The molecular weight excluding hydrogens is 259 g/mol. The van der Waals surface area contributed by atoms with E-state index >= 15 is 0 Å². The smallest absolute Gasteiger partial charge is 0.381 e. The molecule has 104 valence electrons. The zero-order valence-corrected chi connectivity index (χ0v) is 10.4. The summed E-state index contributed by atoms with van der Waals surface area (Å²) < 4.78 is 42.1. The number of fused-ring (bicyclic) bond motifs is 1. The van der Waals surface area contributed by atoms with Crippen molar-refractivity contribution < 1.29 is 22.7 Å². The quantitative estimate of drug-likeness (QED) is 0.899. The summed E-state index contributed by atoms with van der Waals surface area (Å²) >= 11 is 0. The number of aryl methyl sites for hydroxylation is 1. The SMILES string of the molecule is COC1CCc2cccc(NC(=O)C(F)(F)F)c2C1. The van der Waals surface area contributed by atoms with Crippen molar-refractivity contribution in [1.29, 1.82) is 0 Å². The molecule has 0 saturated carbocycles. The predicted octanol–water partition coefficient (Wildman–Crippen LogP) is 2.69. The van der Waals surface area contributed by atoms with Crippen LogP contribution < -0.4 is 5.32 Å². The minimum atomic E-state index is -4.88. The first kappa shape index (κ1) is 13.9. The first-order chi connectivity index (χ1) is 8.91. The molecule has 0 aromatic heterocycles. The van der Waals surface area contributed by atoms with E-state index in [0.717, 1.165) is 24.0 Å². The third-order valence-electron chi connectivity index (χ3n) is 3.28. The van der Waals surface area contributed by atoms with Crippen LogP contribution in [-0.4, -0.2) is 25.3 Å². The van der Waals surface area contributed by atoms with E-state index in [1.54, 1.807) is 13.2 Å². The number of carbonyl (C=O) groups excluding carboxylic acids is 1. The van der Waals surface area contributed by atoms with Gasteiger partial charge in [0.2, 0.25) is 0 Å². The summed E-state index contributed by atoms with van der Waals surface area (Å²) in [5.74, 6) is -1.94. The van der Waals surface area contributed by atoms with Gasteiger partial charge in [0.15, 0.2) is 0 Å². The summed E-state index contributed by atoms with van der Waals surface area (Å²) in [5, 5.41) is 1.94. The number of ether oxygens (including phenoxy) is 1. The lowest BCUT2D eigenvalue weighted by Crippen LogP contribution is -2.31. The van der Waals surface area contributed by atoms with E-state index in [2.05, 4.69) is 0 Å². The molecule has 0 saturated heterocycles. The van der Waals surface area contributed by atoms with Gasteiger partial charge in [-0.15, -0.1) is 0 Å². The van der Waals surface area contributed by atoms with Crippen LogP contribution in [-0.2, 0) is 22.4 Å². The van der Waals surface area contributed by atoms with Crippen molar-refractivity contribution in [2.75, 3.05) is 12.4 Å². The van der Waals surface area contributed by atoms with Gasteiger partial charge in [0.05, 0.1) is 6.10 Å². The number of anilines is 1. The van der Waals surface area contributed by atoms with Gasteiger partial charge in [-0.25, -0.2) is 0 Å². The van der Waals surface area contributed by atoms with Gasteiger partial charge < -0.3 is 10.1 Å². The van der Waals surface area contributed by atoms with Crippen molar-refractivity contribution in [2.24, 2.45) is 0 Å². The first-order valence-corrected chi connectivity index (χ1v) is 5.93. The molecule has 0 heterocycles. The van der Waals surface area contributed by atoms with Crippen LogP contribution in [0.5, 0.6) is 0 Å². The predicted molar refractivity (Wildman–Crippen MR) is 63.9 cm³/mol. The van der Waals surface area contributed by atoms with Gasteiger partial charge in [-0.3, -0.25) is 4.79 Å². The molecule has 2 rings (SSSR count). The minimum Gasteiger partial charge on any atom is -0.381 e. The minimum absolute atomic E-state index is 0.0172. The van der Waals surface area contributed by atoms with E-state index in [1.165, 1.54) is 6.07 Å². The Morgan fingerprint density at radius 1 is 1.42 bits per heavy atom. The lowest BCUT2D eigenvalue weighted by atomic mass is 9.88. The molecule has 1 N–H and O–H groups in total. The molecule has 1 aliphatic carbocycles. The molecule has 1 aliphatic rings. The van der Waals surface area contributed by atoms with E-state index in [0.29, 0.717) is 6.42 Å². The van der Waals surface area contributed by atoms with E-state index in [4.69, 9.17) is 4.74 Å². The summed E-state index contributed by atoms with van der Waals surface area (Å²) in [6.45, 7) is 0. The van der Waals surface area contributed by atoms with Crippen LogP contribution in [0.1, 0.15) is 17.5 Å². The molecule has 0 aliphatic heterocycles. The topological polar surface area (TPSA) is 38.3 Å². The second-order valence-corrected chi connectivity index (χ2v) is 4.50. The molecule has 0 spiro atoms. The Morgan fingerprint density at radius 3 is 2.79 bits per heavy atom. The molecule has 0 radical (unpaired) electrons. The van der Waals surface area contributed by atoms with E-state index < -0.39 is 12.1 Å². The van der Waals surface area contributed by atoms with E-state index in [1.807, 2.05) is 11.4 Å². The molecule has 0 bridgehead atoms. The monoisotopic (exact) mass is 273 g/mol. The number of halogens is 3. The van der Waals surface area contributed by atoms with Crippen molar-refractivity contribution in [3.63, 3.8) is 0 Å². The van der Waals surface area contributed by atoms with Crippen molar-refractivity contribution in [1.82, 2.24) is 0 Å². The van der Waals surface area contributed by atoms with Crippen LogP contribution in [0.3, 0.4) is 0 Å². The summed E-state index contributed by atoms with van der Waals surface area (Å²) in [5.41, 5.74) is 1.92. The van der Waals surface area contributed by atoms with Crippen molar-refractivity contribution in [2.45, 2.75) is 31.5 Å². The van der Waals surface area contributed by atoms with E-state index in [-0.39, 0.29) is 11.8 Å². The van der Waals surface area contributed by atoms with Gasteiger partial charge in [0.1, 0.15) is 0 Å². The van der Waals surface area contributed by atoms with Gasteiger partial charge in [0.25, 0.3) is 0 Å². The van der Waals surface area contributed by atoms with Gasteiger partial charge in [-0.05, 0) is 30.0 Å². The number of carbonyl (C=O) groups is 1. The number of rotatable bonds is 2. The number of alkyl halides is 3. The average molecular weight is 273 g/mol. The van der Waals surface area contributed by atoms with Crippen LogP contribution in [0, 0.1) is 0 Å². The number of hydrogen-bond acceptors (Lipinski definition) is 2. The fourth-order valence-corrected chi connectivity index (χ4v) is 2.27. The van der Waals surface area contributed by atoms with Gasteiger partial charge in [-0.1, -0.05) is 12.1 Å². The maximum Gasteiger partial charge on any atom is 0.471 e. The van der Waals surface area contributed by atoms with Crippen LogP contribution in [0.25, 0.3) is 0 Å². The second-order valence-electron chi connectivity index (χ2n) is 4.50. The average Bonchev–Trinajstić information content (AvgIpc) is 2.37. The Bertz CT molecular complexity index is 485. The normalized spacial score (nSPS) is 18.8. The lowest BCUT2D eigenvalue weighted by Gasteiger charge is -2.25. The highest BCUT2D eigenvalue weighted by Crippen LogP contribution is 2.30. The van der Waals surface area contributed by atoms with Gasteiger partial charge in [0, 0.05) is 19.2 Å². The summed E-state index contributed by atoms with van der Waals surface area (Å²) in [6.07, 6.45) is -2.81. The number of methoxy groups -OCH3 is 1. The summed E-state index contributed by atoms with van der Waals surface area (Å²) in [6, 6.07) is 5.00. The third kappa shape index (κ3) is 3.07. The molecule has 3 nitrogen and oxygen atoms in total. The Kier molecular flexibility index (Phi) is 3.80. The maximum absolute atomic E-state index is 12.3. The fourth-order valence-electron chi connectivity index (χ4n) is 2.27. The van der Waals surface area contributed by atoms with Crippen molar-refractivity contribution in [3.05, 3.63) is 29.3 Å². The van der Waals surface area contributed by atoms with Crippen LogP contribution in [0.4, 0.5) is 18.9 Å². The standard InChI is InChI=1S/C13H14F3NO2/c1-19-9-6-5-8-3-2-4-11(10(8)7-9)17-12(18)13(14,15)16/h2-4,9H,5-7H2,1H3,(H,17,18). The van der Waals surface area contributed by atoms with Crippen LogP contribution >= 0.6 is 0 Å². The number of hydrogen-bond donors (Lipinski definition) is 1. The summed E-state index contributed by atoms with van der Waals surface area (Å²) in [7, 11) is 1.58. The largest absolute Gasteiger partial charge is 0.471 e. The highest BCUT2D eigenvalue weighted by Gasteiger charge is 2.39. The van der Waals surface area contributed by atoms with Crippen molar-refractivity contribution >= 4 is 11.6 Å². The Balaban J connectivity index is 2.25. The molecule has 0 fully saturated rings. The third-order valence-corrected chi connectivity index (χ3v) is 3.28. The van der Waals surface area contributed by atoms with Gasteiger partial charge in [-0.2, -0.15) is 13.2 Å². The zero-order valence-electron chi connectivity index (χ0n) is 10.4. The van der Waals surface area contributed by atoms with Crippen LogP contribution in [0.2, 0.25) is 0 Å². The highest BCUT2D eigenvalue weighted by atomic mass is 19.4. The molecule has 6 heteroatoms. The molecule has 19 heavy (non-hydrogen) atoms. The van der Waals surface area contributed by atoms with Crippen LogP contribution in [0.15, 0.2) is 18.2 Å². The molecule has 1 aromatic carbocycles. The molecule has 1 unspecified atom stereocenters. The maximum atomic E-state index is 12.3. The number of amides is 1. The lowest BCUT2D eigenvalue weighted by molar-refractivity contribution is -0.167. The highest BCUT2D eigenvalue weighted by molar-refractivity contribution is 5.95. The molecule has 1 amide bonds. The zero-order chi connectivity index (χ0) is 14.0. The molecule has 1 atom stereocenters. The number of benzene rings is 1. The Labute approximate surface area is 108 Å². The number of nitrogens with one attached hydrogen (secondary N) is 1. The second kappa shape index (κ2) is 5.21.